The molecule has 0 heterocycles. The van der Waals surface area contributed by atoms with Gasteiger partial charge < -0.3 is 10.6 Å². The third-order valence-electron chi connectivity index (χ3n) is 2.12. The molecule has 84 valence electrons. The van der Waals surface area contributed by atoms with Gasteiger partial charge in [-0.15, -0.1) is 0 Å². The molecule has 0 saturated heterocycles. The van der Waals surface area contributed by atoms with Gasteiger partial charge in [-0.25, -0.2) is 4.39 Å². The first-order valence-electron chi connectivity index (χ1n) is 4.87. The van der Waals surface area contributed by atoms with Crippen LogP contribution in [-0.4, -0.2) is 13.6 Å². The standard InChI is InChI=1S/C11H16ClFN2/c1-7(2)6-15(3)11-5-9(13)8(12)4-10(11)14/h4-5,7H,6,14H2,1-3H3. The monoisotopic (exact) mass is 230 g/mol. The van der Waals surface area contributed by atoms with Crippen LogP contribution >= 0.6 is 11.6 Å². The van der Waals surface area contributed by atoms with Crippen molar-refractivity contribution in [2.45, 2.75) is 13.8 Å². The van der Waals surface area contributed by atoms with Crippen molar-refractivity contribution in [3.8, 4) is 0 Å². The lowest BCUT2D eigenvalue weighted by molar-refractivity contribution is 0.620. The second-order valence-electron chi connectivity index (χ2n) is 4.10. The quantitative estimate of drug-likeness (QED) is 0.809. The van der Waals surface area contributed by atoms with Crippen molar-refractivity contribution in [1.82, 2.24) is 0 Å². The minimum atomic E-state index is -0.434. The van der Waals surface area contributed by atoms with Crippen LogP contribution in [0, 0.1) is 11.7 Å². The lowest BCUT2D eigenvalue weighted by Crippen LogP contribution is -2.23. The first-order valence-corrected chi connectivity index (χ1v) is 5.25. The molecule has 0 saturated carbocycles. The van der Waals surface area contributed by atoms with Crippen LogP contribution < -0.4 is 10.6 Å². The van der Waals surface area contributed by atoms with Crippen LogP contribution in [0.3, 0.4) is 0 Å². The van der Waals surface area contributed by atoms with Crippen LogP contribution in [0.15, 0.2) is 12.1 Å². The van der Waals surface area contributed by atoms with E-state index >= 15 is 0 Å². The first kappa shape index (κ1) is 12.1. The lowest BCUT2D eigenvalue weighted by atomic mass is 10.2. The summed E-state index contributed by atoms with van der Waals surface area (Å²) in [7, 11) is 1.89. The number of nitrogen functional groups attached to an aromatic ring is 1. The highest BCUT2D eigenvalue weighted by Gasteiger charge is 2.10. The molecule has 2 N–H and O–H groups in total. The van der Waals surface area contributed by atoms with Crippen LogP contribution in [0.2, 0.25) is 5.02 Å². The van der Waals surface area contributed by atoms with Crippen molar-refractivity contribution in [1.29, 1.82) is 0 Å². The van der Waals surface area contributed by atoms with Gasteiger partial charge in [0.25, 0.3) is 0 Å². The van der Waals surface area contributed by atoms with Crippen molar-refractivity contribution in [3.63, 3.8) is 0 Å². The summed E-state index contributed by atoms with van der Waals surface area (Å²) < 4.78 is 13.2. The molecule has 0 bridgehead atoms. The molecule has 0 radical (unpaired) electrons. The molecule has 2 nitrogen and oxygen atoms in total. The van der Waals surface area contributed by atoms with E-state index in [1.165, 1.54) is 12.1 Å². The maximum Gasteiger partial charge on any atom is 0.144 e. The van der Waals surface area contributed by atoms with E-state index in [0.29, 0.717) is 17.3 Å². The average molecular weight is 231 g/mol. The van der Waals surface area contributed by atoms with E-state index in [1.807, 2.05) is 11.9 Å². The van der Waals surface area contributed by atoms with E-state index in [0.717, 1.165) is 6.54 Å². The van der Waals surface area contributed by atoms with Crippen LogP contribution in [0.4, 0.5) is 15.8 Å². The number of nitrogens with zero attached hydrogens (tertiary/aromatic N) is 1. The molecule has 1 aromatic carbocycles. The second-order valence-corrected chi connectivity index (χ2v) is 4.51. The van der Waals surface area contributed by atoms with E-state index in [2.05, 4.69) is 13.8 Å². The van der Waals surface area contributed by atoms with Gasteiger partial charge in [0.05, 0.1) is 16.4 Å². The SMILES string of the molecule is CC(C)CN(C)c1cc(F)c(Cl)cc1N. The Bertz CT molecular complexity index is 353. The van der Waals surface area contributed by atoms with E-state index in [9.17, 15) is 4.39 Å². The number of benzene rings is 1. The van der Waals surface area contributed by atoms with E-state index in [4.69, 9.17) is 17.3 Å². The third-order valence-corrected chi connectivity index (χ3v) is 2.41. The molecular weight excluding hydrogens is 215 g/mol. The van der Waals surface area contributed by atoms with E-state index in [-0.39, 0.29) is 5.02 Å². The Morgan fingerprint density at radius 1 is 1.47 bits per heavy atom. The van der Waals surface area contributed by atoms with Crippen LogP contribution in [0.1, 0.15) is 13.8 Å². The molecule has 4 heteroatoms. The summed E-state index contributed by atoms with van der Waals surface area (Å²) in [5.74, 6) is 0.0598. The van der Waals surface area contributed by atoms with Gasteiger partial charge in [-0.3, -0.25) is 0 Å². The van der Waals surface area contributed by atoms with Gasteiger partial charge >= 0.3 is 0 Å². The number of halogens is 2. The van der Waals surface area contributed by atoms with Crippen molar-refractivity contribution in [3.05, 3.63) is 23.0 Å². The predicted octanol–water partition coefficient (Wildman–Crippen LogP) is 3.15. The predicted molar refractivity (Wildman–Crippen MR) is 63.9 cm³/mol. The summed E-state index contributed by atoms with van der Waals surface area (Å²) in [6.45, 7) is 5.02. The highest BCUT2D eigenvalue weighted by atomic mass is 35.5. The fourth-order valence-electron chi connectivity index (χ4n) is 1.53. The fourth-order valence-corrected chi connectivity index (χ4v) is 1.70. The molecular formula is C11H16ClFN2. The zero-order valence-electron chi connectivity index (χ0n) is 9.22. The van der Waals surface area contributed by atoms with E-state index in [1.54, 1.807) is 0 Å². The molecule has 0 amide bonds. The summed E-state index contributed by atoms with van der Waals surface area (Å²) >= 11 is 5.62. The highest BCUT2D eigenvalue weighted by Crippen LogP contribution is 2.28. The van der Waals surface area contributed by atoms with Crippen LogP contribution in [-0.2, 0) is 0 Å². The van der Waals surface area contributed by atoms with Crippen LogP contribution in [0.5, 0.6) is 0 Å². The molecule has 0 spiro atoms. The van der Waals surface area contributed by atoms with Crippen molar-refractivity contribution >= 4 is 23.0 Å². The Balaban J connectivity index is 2.98. The molecule has 1 rings (SSSR count). The molecule has 0 unspecified atom stereocenters. The largest absolute Gasteiger partial charge is 0.397 e. The average Bonchev–Trinajstić information content (AvgIpc) is 2.09. The lowest BCUT2D eigenvalue weighted by Gasteiger charge is -2.23. The minimum absolute atomic E-state index is 0.0641. The Kier molecular flexibility index (Phi) is 3.80. The minimum Gasteiger partial charge on any atom is -0.397 e. The molecule has 0 aliphatic rings. The number of hydrogen-bond donors (Lipinski definition) is 1. The Hall–Kier alpha value is -0.960. The van der Waals surface area contributed by atoms with Gasteiger partial charge in [-0.05, 0) is 12.0 Å². The molecule has 0 fully saturated rings. The Morgan fingerprint density at radius 3 is 2.60 bits per heavy atom. The van der Waals surface area contributed by atoms with Gasteiger partial charge in [0.15, 0.2) is 0 Å². The highest BCUT2D eigenvalue weighted by molar-refractivity contribution is 6.31. The smallest absolute Gasteiger partial charge is 0.144 e. The molecule has 0 aliphatic carbocycles. The van der Waals surface area contributed by atoms with Gasteiger partial charge in [0.2, 0.25) is 0 Å². The van der Waals surface area contributed by atoms with Crippen molar-refractivity contribution < 1.29 is 4.39 Å². The summed E-state index contributed by atoms with van der Waals surface area (Å²) in [4.78, 5) is 1.93. The van der Waals surface area contributed by atoms with E-state index < -0.39 is 5.82 Å². The number of nitrogens with two attached hydrogens (primary N) is 1. The zero-order chi connectivity index (χ0) is 11.6. The zero-order valence-corrected chi connectivity index (χ0v) is 9.98. The number of hydrogen-bond acceptors (Lipinski definition) is 2. The first-order chi connectivity index (χ1) is 6.91. The maximum atomic E-state index is 13.2. The number of anilines is 2. The third kappa shape index (κ3) is 2.99. The summed E-state index contributed by atoms with van der Waals surface area (Å²) in [5.41, 5.74) is 6.96. The molecule has 15 heavy (non-hydrogen) atoms. The topological polar surface area (TPSA) is 29.3 Å². The van der Waals surface area contributed by atoms with Gasteiger partial charge in [-0.2, -0.15) is 0 Å². The Morgan fingerprint density at radius 2 is 2.07 bits per heavy atom. The fraction of sp³-hybridized carbons (Fsp3) is 0.455. The molecule has 0 aliphatic heterocycles. The summed E-state index contributed by atoms with van der Waals surface area (Å²) in [6, 6.07) is 2.82. The van der Waals surface area contributed by atoms with Crippen molar-refractivity contribution in [2.75, 3.05) is 24.2 Å². The van der Waals surface area contributed by atoms with Gasteiger partial charge in [0, 0.05) is 19.7 Å². The summed E-state index contributed by atoms with van der Waals surface area (Å²) in [6.07, 6.45) is 0. The molecule has 0 atom stereocenters. The molecule has 0 aromatic heterocycles. The normalized spacial score (nSPS) is 10.8. The Labute approximate surface area is 94.8 Å². The second kappa shape index (κ2) is 4.71. The molecule has 1 aromatic rings. The summed E-state index contributed by atoms with van der Waals surface area (Å²) in [5, 5.41) is 0.0641. The number of rotatable bonds is 3. The van der Waals surface area contributed by atoms with Crippen molar-refractivity contribution in [2.24, 2.45) is 5.92 Å². The van der Waals surface area contributed by atoms with Crippen LogP contribution in [0.25, 0.3) is 0 Å². The van der Waals surface area contributed by atoms with Gasteiger partial charge in [0.1, 0.15) is 5.82 Å². The maximum absolute atomic E-state index is 13.2. The van der Waals surface area contributed by atoms with Gasteiger partial charge in [-0.1, -0.05) is 25.4 Å².